The zero-order chi connectivity index (χ0) is 24.9. The van der Waals surface area contributed by atoms with Gasteiger partial charge in [0.25, 0.3) is 0 Å². The van der Waals surface area contributed by atoms with E-state index in [4.69, 9.17) is 0 Å². The van der Waals surface area contributed by atoms with Crippen molar-refractivity contribution >= 4 is 39.0 Å². The van der Waals surface area contributed by atoms with Crippen molar-refractivity contribution in [1.29, 1.82) is 0 Å². The lowest BCUT2D eigenvalue weighted by atomic mass is 9.78. The summed E-state index contributed by atoms with van der Waals surface area (Å²) in [5.41, 5.74) is 8.74. The molecule has 0 saturated carbocycles. The second-order valence-electron chi connectivity index (χ2n) is 10.1. The fourth-order valence-electron chi connectivity index (χ4n) is 6.29. The number of hydrogen-bond donors (Lipinski definition) is 2. The Morgan fingerprint density at radius 2 is 1.49 bits per heavy atom. The molecule has 0 unspecified atom stereocenters. The van der Waals surface area contributed by atoms with E-state index in [-0.39, 0.29) is 17.7 Å². The third kappa shape index (κ3) is 3.55. The Hall–Kier alpha value is -4.31. The van der Waals surface area contributed by atoms with Crippen LogP contribution in [0.4, 0.5) is 11.4 Å². The Kier molecular flexibility index (Phi) is 5.14. The van der Waals surface area contributed by atoms with Crippen LogP contribution in [0, 0.1) is 0 Å². The van der Waals surface area contributed by atoms with Gasteiger partial charge in [-0.05, 0) is 60.7 Å². The number of benzene rings is 4. The van der Waals surface area contributed by atoms with Crippen LogP contribution >= 0.6 is 0 Å². The Morgan fingerprint density at radius 3 is 2.32 bits per heavy atom. The number of rotatable bonds is 3. The van der Waals surface area contributed by atoms with Gasteiger partial charge in [0.05, 0.1) is 17.4 Å². The molecule has 37 heavy (non-hydrogen) atoms. The third-order valence-corrected chi connectivity index (χ3v) is 8.03. The molecule has 2 atom stereocenters. The molecule has 2 N–H and O–H groups in total. The molecule has 7 rings (SSSR count). The van der Waals surface area contributed by atoms with Gasteiger partial charge in [0.1, 0.15) is 0 Å². The summed E-state index contributed by atoms with van der Waals surface area (Å²) in [6, 6.07) is 33.8. The van der Waals surface area contributed by atoms with Crippen molar-refractivity contribution < 1.29 is 4.79 Å². The van der Waals surface area contributed by atoms with Gasteiger partial charge in [0.15, 0.2) is 5.78 Å². The van der Waals surface area contributed by atoms with Crippen LogP contribution in [0.25, 0.3) is 21.8 Å². The standard InChI is InChI=1S/C33H29N3O/c1-2-36-29-15-9-6-12-24(29)25-18-22(16-17-30(25)36)33-32-28(34-26-13-7-8-14-27(26)35-33)19-23(20-31(32)37)21-10-4-3-5-11-21/h3-18,23,33-35H,2,19-20H2,1H3/t23-,33+/m0/s1. The van der Waals surface area contributed by atoms with Crippen LogP contribution < -0.4 is 10.6 Å². The summed E-state index contributed by atoms with van der Waals surface area (Å²) in [5, 5.41) is 9.89. The third-order valence-electron chi connectivity index (χ3n) is 8.03. The fraction of sp³-hybridized carbons (Fsp3) is 0.182. The molecule has 1 aromatic heterocycles. The van der Waals surface area contributed by atoms with Crippen molar-refractivity contribution in [1.82, 2.24) is 4.57 Å². The summed E-state index contributed by atoms with van der Waals surface area (Å²) in [5.74, 6) is 0.389. The molecule has 0 radical (unpaired) electrons. The highest BCUT2D eigenvalue weighted by molar-refractivity contribution is 6.08. The predicted octanol–water partition coefficient (Wildman–Crippen LogP) is 7.79. The number of Topliss-reactive ketones (excluding diaryl/α,β-unsaturated/α-hetero) is 1. The molecule has 4 aromatic carbocycles. The van der Waals surface area contributed by atoms with E-state index in [1.54, 1.807) is 0 Å². The summed E-state index contributed by atoms with van der Waals surface area (Å²) in [4.78, 5) is 13.9. The number of aromatic nitrogens is 1. The molecule has 5 aromatic rings. The van der Waals surface area contributed by atoms with Gasteiger partial charge < -0.3 is 15.2 Å². The topological polar surface area (TPSA) is 46.1 Å². The number of anilines is 2. The van der Waals surface area contributed by atoms with E-state index in [1.165, 1.54) is 27.4 Å². The number of para-hydroxylation sites is 3. The summed E-state index contributed by atoms with van der Waals surface area (Å²) >= 11 is 0. The maximum absolute atomic E-state index is 13.9. The van der Waals surface area contributed by atoms with Crippen molar-refractivity contribution in [3.05, 3.63) is 119 Å². The second kappa shape index (κ2) is 8.67. The van der Waals surface area contributed by atoms with Crippen LogP contribution in [0.3, 0.4) is 0 Å². The minimum Gasteiger partial charge on any atom is -0.372 e. The number of allylic oxidation sites excluding steroid dienone is 1. The SMILES string of the molecule is CCn1c2ccccc2c2cc([C@H]3Nc4ccccc4NC4=C3C(=O)C[C@@H](c3ccccc3)C4)ccc21. The van der Waals surface area contributed by atoms with Crippen molar-refractivity contribution in [2.45, 2.75) is 38.3 Å². The smallest absolute Gasteiger partial charge is 0.163 e. The Morgan fingerprint density at radius 1 is 0.757 bits per heavy atom. The zero-order valence-electron chi connectivity index (χ0n) is 20.9. The molecule has 0 saturated heterocycles. The predicted molar refractivity (Wildman–Crippen MR) is 152 cm³/mol. The van der Waals surface area contributed by atoms with Gasteiger partial charge in [-0.15, -0.1) is 0 Å². The van der Waals surface area contributed by atoms with E-state index < -0.39 is 0 Å². The highest BCUT2D eigenvalue weighted by Gasteiger charge is 2.36. The molecule has 1 aliphatic carbocycles. The van der Waals surface area contributed by atoms with Gasteiger partial charge in [-0.1, -0.05) is 66.7 Å². The van der Waals surface area contributed by atoms with Crippen molar-refractivity contribution in [3.8, 4) is 0 Å². The van der Waals surface area contributed by atoms with Crippen LogP contribution in [-0.2, 0) is 11.3 Å². The molecular formula is C33H29N3O. The van der Waals surface area contributed by atoms with Gasteiger partial charge in [0.2, 0.25) is 0 Å². The Bertz CT molecular complexity index is 1700. The van der Waals surface area contributed by atoms with Crippen LogP contribution in [0.15, 0.2) is 108 Å². The van der Waals surface area contributed by atoms with E-state index in [9.17, 15) is 4.79 Å². The Labute approximate surface area is 216 Å². The monoisotopic (exact) mass is 483 g/mol. The van der Waals surface area contributed by atoms with Crippen molar-refractivity contribution in [2.24, 2.45) is 0 Å². The maximum Gasteiger partial charge on any atom is 0.163 e. The summed E-state index contributed by atoms with van der Waals surface area (Å²) < 4.78 is 2.37. The normalized spacial score (nSPS) is 19.2. The Balaban J connectivity index is 1.40. The molecule has 1 aliphatic heterocycles. The van der Waals surface area contributed by atoms with E-state index in [1.807, 2.05) is 18.2 Å². The number of nitrogens with one attached hydrogen (secondary N) is 2. The molecule has 4 nitrogen and oxygen atoms in total. The first kappa shape index (κ1) is 21.9. The lowest BCUT2D eigenvalue weighted by Gasteiger charge is -2.30. The highest BCUT2D eigenvalue weighted by atomic mass is 16.1. The van der Waals surface area contributed by atoms with E-state index in [0.29, 0.717) is 6.42 Å². The van der Waals surface area contributed by atoms with Gasteiger partial charge >= 0.3 is 0 Å². The lowest BCUT2D eigenvalue weighted by molar-refractivity contribution is -0.116. The average Bonchev–Trinajstić information content (AvgIpc) is 3.15. The number of carbonyl (C=O) groups is 1. The van der Waals surface area contributed by atoms with Gasteiger partial charge in [-0.25, -0.2) is 0 Å². The molecular weight excluding hydrogens is 454 g/mol. The van der Waals surface area contributed by atoms with E-state index >= 15 is 0 Å². The number of carbonyl (C=O) groups excluding carboxylic acids is 1. The van der Waals surface area contributed by atoms with E-state index in [2.05, 4.69) is 101 Å². The van der Waals surface area contributed by atoms with Crippen molar-refractivity contribution in [2.75, 3.05) is 10.6 Å². The quantitative estimate of drug-likeness (QED) is 0.275. The van der Waals surface area contributed by atoms with Gasteiger partial charge in [-0.2, -0.15) is 0 Å². The van der Waals surface area contributed by atoms with Gasteiger partial charge in [-0.3, -0.25) is 4.79 Å². The minimum absolute atomic E-state index is 0.177. The summed E-state index contributed by atoms with van der Waals surface area (Å²) in [6.45, 7) is 3.10. The number of aryl methyl sites for hydroxylation is 1. The minimum atomic E-state index is -0.219. The van der Waals surface area contributed by atoms with Crippen LogP contribution in [0.2, 0.25) is 0 Å². The van der Waals surface area contributed by atoms with Crippen molar-refractivity contribution in [3.63, 3.8) is 0 Å². The summed E-state index contributed by atoms with van der Waals surface area (Å²) in [6.07, 6.45) is 1.34. The average molecular weight is 484 g/mol. The highest BCUT2D eigenvalue weighted by Crippen LogP contribution is 2.45. The maximum atomic E-state index is 13.9. The number of ketones is 1. The van der Waals surface area contributed by atoms with Crippen LogP contribution in [0.5, 0.6) is 0 Å². The number of fused-ring (bicyclic) bond motifs is 4. The molecule has 0 bridgehead atoms. The first-order valence-electron chi connectivity index (χ1n) is 13.2. The van der Waals surface area contributed by atoms with Crippen LogP contribution in [-0.4, -0.2) is 10.4 Å². The number of hydrogen-bond acceptors (Lipinski definition) is 3. The fourth-order valence-corrected chi connectivity index (χ4v) is 6.29. The lowest BCUT2D eigenvalue weighted by Crippen LogP contribution is -2.26. The molecule has 2 heterocycles. The first-order valence-corrected chi connectivity index (χ1v) is 13.2. The molecule has 0 spiro atoms. The second-order valence-corrected chi connectivity index (χ2v) is 10.1. The van der Waals surface area contributed by atoms with E-state index in [0.717, 1.165) is 41.2 Å². The molecule has 4 heteroatoms. The van der Waals surface area contributed by atoms with Gasteiger partial charge in [0, 0.05) is 46.0 Å². The summed E-state index contributed by atoms with van der Waals surface area (Å²) in [7, 11) is 0. The zero-order valence-corrected chi connectivity index (χ0v) is 20.9. The molecule has 0 amide bonds. The molecule has 182 valence electrons. The van der Waals surface area contributed by atoms with Crippen LogP contribution in [0.1, 0.15) is 42.9 Å². The first-order chi connectivity index (χ1) is 18.2. The molecule has 0 fully saturated rings. The largest absolute Gasteiger partial charge is 0.372 e. The number of nitrogens with zero attached hydrogens (tertiary/aromatic N) is 1. The molecule has 2 aliphatic rings.